The molecule has 12 atom stereocenters. The molecule has 0 radical (unpaired) electrons. The van der Waals surface area contributed by atoms with E-state index in [9.17, 15) is 13.2 Å². The third kappa shape index (κ3) is 7.20. The molecular formula is C53H79NO7S. The van der Waals surface area contributed by atoms with E-state index in [4.69, 9.17) is 18.9 Å². The van der Waals surface area contributed by atoms with Gasteiger partial charge in [0, 0.05) is 25.0 Å². The standard InChI is InChI=1S/C53H79NO7S/c1-35(2)37(4)48(8)28-29-50(10)40-24-25-43-49(9)32-59-34-53(43,41(40)26-27-51(50,11)44(48)46(55)60-31-38-18-16-15-17-19-38)30-42(58-14)45(49)61-33-52(12,47(5,6)7)54(13)62(56,57)39-22-20-36(3)21-23-39/h15-23,26,35,37,40,42-45H,24-25,27-34H2,1-14H3/t37-,40+,42-,43+,44-,45+,48-,49-,50-,51+,52+,53+/m1/s1. The summed E-state index contributed by atoms with van der Waals surface area (Å²) in [6.07, 6.45) is 7.75. The minimum absolute atomic E-state index is 0.0498. The van der Waals surface area contributed by atoms with Gasteiger partial charge >= 0.3 is 5.97 Å². The van der Waals surface area contributed by atoms with Gasteiger partial charge in [0.2, 0.25) is 10.0 Å². The summed E-state index contributed by atoms with van der Waals surface area (Å²) in [5.74, 6) is 1.06. The molecule has 62 heavy (non-hydrogen) atoms. The van der Waals surface area contributed by atoms with Gasteiger partial charge in [0.15, 0.2) is 0 Å². The zero-order chi connectivity index (χ0) is 45.5. The van der Waals surface area contributed by atoms with Crippen molar-refractivity contribution >= 4 is 16.0 Å². The second-order valence-corrected chi connectivity index (χ2v) is 25.1. The Kier molecular flexibility index (Phi) is 12.5. The van der Waals surface area contributed by atoms with Gasteiger partial charge in [-0.25, -0.2) is 8.42 Å². The molecule has 2 aromatic rings. The number of fused-ring (bicyclic) bond motifs is 3. The molecule has 4 fully saturated rings. The van der Waals surface area contributed by atoms with Crippen molar-refractivity contribution in [3.05, 3.63) is 77.4 Å². The summed E-state index contributed by atoms with van der Waals surface area (Å²) in [7, 11) is -0.325. The van der Waals surface area contributed by atoms with Gasteiger partial charge in [-0.2, -0.15) is 4.31 Å². The molecule has 1 heterocycles. The van der Waals surface area contributed by atoms with Crippen LogP contribution in [-0.2, 0) is 40.4 Å². The fraction of sp³-hybridized carbons (Fsp3) is 0.717. The number of methoxy groups -OCH3 is 1. The highest BCUT2D eigenvalue weighted by Gasteiger charge is 2.72. The van der Waals surface area contributed by atoms with Crippen LogP contribution >= 0.6 is 0 Å². The topological polar surface area (TPSA) is 91.4 Å². The van der Waals surface area contributed by atoms with Crippen LogP contribution in [-0.4, -0.2) is 70.4 Å². The first-order valence-corrected chi connectivity index (χ1v) is 25.0. The zero-order valence-corrected chi connectivity index (χ0v) is 41.4. The largest absolute Gasteiger partial charge is 0.461 e. The number of rotatable bonds is 12. The second kappa shape index (κ2) is 16.4. The number of ether oxygens (including phenoxy) is 4. The van der Waals surface area contributed by atoms with E-state index in [0.29, 0.717) is 36.9 Å². The second-order valence-electron chi connectivity index (χ2n) is 23.1. The number of nitrogens with zero attached hydrogens (tertiary/aromatic N) is 1. The molecule has 4 aliphatic carbocycles. The number of benzene rings is 2. The van der Waals surface area contributed by atoms with Crippen LogP contribution in [0.5, 0.6) is 0 Å². The van der Waals surface area contributed by atoms with Crippen LogP contribution in [0.4, 0.5) is 0 Å². The van der Waals surface area contributed by atoms with Gasteiger partial charge < -0.3 is 18.9 Å². The maximum atomic E-state index is 14.9. The highest BCUT2D eigenvalue weighted by molar-refractivity contribution is 7.89. The maximum absolute atomic E-state index is 14.9. The number of hydrogen-bond donors (Lipinski definition) is 0. The molecule has 0 N–H and O–H groups in total. The summed E-state index contributed by atoms with van der Waals surface area (Å²) in [5.41, 5.74) is 0.932. The number of allylic oxidation sites excluding steroid dienone is 1. The van der Waals surface area contributed by atoms with Gasteiger partial charge in [0.25, 0.3) is 0 Å². The van der Waals surface area contributed by atoms with Gasteiger partial charge in [0.05, 0.1) is 48.4 Å². The number of carbonyl (C=O) groups excluding carboxylic acids is 1. The van der Waals surface area contributed by atoms with Crippen LogP contribution in [0, 0.1) is 69.0 Å². The maximum Gasteiger partial charge on any atom is 0.310 e. The molecule has 1 aliphatic heterocycles. The lowest BCUT2D eigenvalue weighted by Crippen LogP contribution is -2.70. The Hall–Kier alpha value is -2.56. The molecule has 9 heteroatoms. The normalized spacial score (nSPS) is 37.4. The summed E-state index contributed by atoms with van der Waals surface area (Å²) in [6, 6.07) is 17.2. The summed E-state index contributed by atoms with van der Waals surface area (Å²) in [5, 5.41) is 0. The Morgan fingerprint density at radius 2 is 1.58 bits per heavy atom. The number of hydrogen-bond acceptors (Lipinski definition) is 7. The Morgan fingerprint density at radius 1 is 0.919 bits per heavy atom. The highest BCUT2D eigenvalue weighted by atomic mass is 32.2. The minimum Gasteiger partial charge on any atom is -0.461 e. The van der Waals surface area contributed by atoms with Crippen molar-refractivity contribution in [2.45, 2.75) is 151 Å². The Labute approximate surface area is 375 Å². The molecule has 3 saturated carbocycles. The zero-order valence-electron chi connectivity index (χ0n) is 40.6. The number of likely N-dealkylation sites (N-methyl/N-ethyl adjacent to an activating group) is 1. The van der Waals surface area contributed by atoms with Crippen molar-refractivity contribution < 1.29 is 32.2 Å². The van der Waals surface area contributed by atoms with Crippen molar-refractivity contribution in [1.29, 1.82) is 0 Å². The minimum atomic E-state index is -3.84. The van der Waals surface area contributed by atoms with Crippen molar-refractivity contribution in [3.8, 4) is 0 Å². The number of carbonyl (C=O) groups is 1. The van der Waals surface area contributed by atoms with Gasteiger partial charge in [-0.1, -0.05) is 129 Å². The summed E-state index contributed by atoms with van der Waals surface area (Å²) in [6.45, 7) is 28.6. The SMILES string of the molecule is CO[C@@H]1C[C@@]23COC[C@](C)([C@@H]2CC[C@H]2C3=CC[C@@]3(C)[C@H](C(=O)OCc4ccccc4)[C@@](C)([C@H](C)C(C)C)CC[C@]23C)[C@H]1OC[C@](C)(N(C)S(=O)(=O)c1ccc(C)cc1)C(C)(C)C. The molecule has 344 valence electrons. The summed E-state index contributed by atoms with van der Waals surface area (Å²) in [4.78, 5) is 15.2. The smallest absolute Gasteiger partial charge is 0.310 e. The van der Waals surface area contributed by atoms with E-state index in [1.807, 2.05) is 63.4 Å². The predicted molar refractivity (Wildman–Crippen MR) is 247 cm³/mol. The van der Waals surface area contributed by atoms with Crippen LogP contribution in [0.3, 0.4) is 0 Å². The lowest BCUT2D eigenvalue weighted by atomic mass is 9.34. The van der Waals surface area contributed by atoms with E-state index in [1.54, 1.807) is 19.2 Å². The third-order valence-electron chi connectivity index (χ3n) is 19.1. The fourth-order valence-corrected chi connectivity index (χ4v) is 15.7. The summed E-state index contributed by atoms with van der Waals surface area (Å²) < 4.78 is 57.0. The molecule has 5 aliphatic rings. The van der Waals surface area contributed by atoms with Crippen LogP contribution in [0.1, 0.15) is 126 Å². The molecule has 1 saturated heterocycles. The molecule has 8 nitrogen and oxygen atoms in total. The van der Waals surface area contributed by atoms with Crippen LogP contribution in [0.15, 0.2) is 71.1 Å². The van der Waals surface area contributed by atoms with Crippen LogP contribution < -0.4 is 0 Å². The molecule has 0 aromatic heterocycles. The van der Waals surface area contributed by atoms with E-state index < -0.39 is 21.0 Å². The first kappa shape index (κ1) is 47.4. The highest BCUT2D eigenvalue weighted by Crippen LogP contribution is 2.75. The van der Waals surface area contributed by atoms with Crippen molar-refractivity contribution in [2.24, 2.45) is 62.1 Å². The molecular weight excluding hydrogens is 795 g/mol. The van der Waals surface area contributed by atoms with Gasteiger partial charge in [-0.15, -0.1) is 0 Å². The average molecular weight is 874 g/mol. The Morgan fingerprint density at radius 3 is 2.19 bits per heavy atom. The number of aryl methyl sites for hydroxylation is 1. The van der Waals surface area contributed by atoms with E-state index in [0.717, 1.165) is 49.7 Å². The van der Waals surface area contributed by atoms with Crippen molar-refractivity contribution in [2.75, 3.05) is 34.0 Å². The van der Waals surface area contributed by atoms with E-state index in [1.165, 1.54) is 9.88 Å². The van der Waals surface area contributed by atoms with E-state index in [2.05, 4.69) is 75.3 Å². The first-order valence-electron chi connectivity index (χ1n) is 23.6. The van der Waals surface area contributed by atoms with Crippen LogP contribution in [0.25, 0.3) is 0 Å². The quantitative estimate of drug-likeness (QED) is 0.155. The number of esters is 1. The lowest BCUT2D eigenvalue weighted by molar-refractivity contribution is -0.272. The lowest BCUT2D eigenvalue weighted by Gasteiger charge is -2.71. The molecule has 0 unspecified atom stereocenters. The van der Waals surface area contributed by atoms with Crippen molar-refractivity contribution in [3.63, 3.8) is 0 Å². The molecule has 0 amide bonds. The first-order chi connectivity index (χ1) is 28.9. The Bertz CT molecular complexity index is 2100. The monoisotopic (exact) mass is 874 g/mol. The molecule has 2 bridgehead atoms. The van der Waals surface area contributed by atoms with Gasteiger partial charge in [0.1, 0.15) is 6.61 Å². The van der Waals surface area contributed by atoms with Crippen LogP contribution in [0.2, 0.25) is 0 Å². The van der Waals surface area contributed by atoms with E-state index in [-0.39, 0.29) is 69.3 Å². The Balaban J connectivity index is 1.22. The van der Waals surface area contributed by atoms with Gasteiger partial charge in [-0.05, 0) is 115 Å². The average Bonchev–Trinajstić information content (AvgIpc) is 3.22. The number of sulfonamides is 1. The third-order valence-corrected chi connectivity index (χ3v) is 21.1. The van der Waals surface area contributed by atoms with Crippen molar-refractivity contribution in [1.82, 2.24) is 4.31 Å². The molecule has 2 aromatic carbocycles. The fourth-order valence-electron chi connectivity index (χ4n) is 14.0. The van der Waals surface area contributed by atoms with Gasteiger partial charge in [-0.3, -0.25) is 4.79 Å². The molecule has 7 rings (SSSR count). The predicted octanol–water partition coefficient (Wildman–Crippen LogP) is 11.1. The summed E-state index contributed by atoms with van der Waals surface area (Å²) >= 11 is 0. The molecule has 0 spiro atoms. The van der Waals surface area contributed by atoms with E-state index >= 15 is 0 Å².